The van der Waals surface area contributed by atoms with Gasteiger partial charge in [-0.1, -0.05) is 104 Å². The third-order valence-electron chi connectivity index (χ3n) is 9.07. The van der Waals surface area contributed by atoms with Crippen LogP contribution in [0.15, 0.2) is 72.8 Å². The summed E-state index contributed by atoms with van der Waals surface area (Å²) in [5.41, 5.74) is 6.67. The van der Waals surface area contributed by atoms with E-state index in [9.17, 15) is 0 Å². The lowest BCUT2D eigenvalue weighted by molar-refractivity contribution is 0.383. The maximum atomic E-state index is 6.92. The smallest absolute Gasteiger partial charge is 0.173 e. The summed E-state index contributed by atoms with van der Waals surface area (Å²) >= 11 is 0. The molecule has 1 aliphatic heterocycles. The van der Waals surface area contributed by atoms with E-state index in [1.165, 1.54) is 32.9 Å². The van der Waals surface area contributed by atoms with Crippen molar-refractivity contribution in [2.75, 3.05) is 0 Å². The van der Waals surface area contributed by atoms with Crippen LogP contribution in [0.5, 0.6) is 23.0 Å². The van der Waals surface area contributed by atoms with Crippen molar-refractivity contribution in [1.29, 1.82) is 0 Å². The lowest BCUT2D eigenvalue weighted by Crippen LogP contribution is -2.27. The van der Waals surface area contributed by atoms with E-state index in [0.29, 0.717) is 0 Å². The largest absolute Gasteiger partial charge is 0.476 e. The summed E-state index contributed by atoms with van der Waals surface area (Å²) in [6.07, 6.45) is 0. The Hall–Kier alpha value is -3.06. The number of rotatable bonds is 5. The topological polar surface area (TPSA) is 32.6 Å². The van der Waals surface area contributed by atoms with Gasteiger partial charge in [-0.3, -0.25) is 0 Å². The molecule has 2 atom stereocenters. The normalized spacial score (nSPS) is 15.0. The third-order valence-corrected chi connectivity index (χ3v) is 10.4. The number of hydrogen-bond donors (Lipinski definition) is 0. The number of para-hydroxylation sites is 2. The molecule has 44 heavy (non-hydrogen) atoms. The van der Waals surface area contributed by atoms with Gasteiger partial charge in [0.1, 0.15) is 0 Å². The number of hydrogen-bond acceptors (Lipinski definition) is 3. The monoisotopic (exact) mass is 625 g/mol. The maximum absolute atomic E-state index is 6.92. The van der Waals surface area contributed by atoms with Crippen molar-refractivity contribution in [2.24, 2.45) is 0 Å². The Morgan fingerprint density at radius 3 is 1.61 bits per heavy atom. The molecule has 4 nitrogen and oxygen atoms in total. The molecule has 0 saturated carbocycles. The fraction of sp³-hybridized carbons (Fsp3) is 0.368. The number of aromatic nitrogens is 1. The predicted molar refractivity (Wildman–Crippen MR) is 191 cm³/mol. The zero-order chi connectivity index (χ0) is 31.8. The van der Waals surface area contributed by atoms with Gasteiger partial charge in [0.15, 0.2) is 23.0 Å². The third kappa shape index (κ3) is 5.09. The van der Waals surface area contributed by atoms with Crippen LogP contribution in [0.3, 0.4) is 0 Å². The summed E-state index contributed by atoms with van der Waals surface area (Å²) in [4.78, 5) is 0. The molecular formula is C38H45NO3P2. The Labute approximate surface area is 266 Å². The Bertz CT molecular complexity index is 1850. The summed E-state index contributed by atoms with van der Waals surface area (Å²) < 4.78 is 22.1. The maximum Gasteiger partial charge on any atom is 0.173 e. The van der Waals surface area contributed by atoms with E-state index in [2.05, 4.69) is 156 Å². The molecule has 5 aromatic rings. The molecule has 0 fully saturated rings. The van der Waals surface area contributed by atoms with Crippen LogP contribution in [-0.2, 0) is 21.5 Å². The Morgan fingerprint density at radius 1 is 0.682 bits per heavy atom. The van der Waals surface area contributed by atoms with Crippen LogP contribution in [-0.4, -0.2) is 4.57 Å². The Morgan fingerprint density at radius 2 is 1.14 bits per heavy atom. The molecule has 2 heterocycles. The molecule has 1 aliphatic rings. The first-order chi connectivity index (χ1) is 20.5. The van der Waals surface area contributed by atoms with Crippen LogP contribution in [0, 0.1) is 0 Å². The van der Waals surface area contributed by atoms with Gasteiger partial charge in [-0.2, -0.15) is 0 Å². The first kappa shape index (κ1) is 30.9. The van der Waals surface area contributed by atoms with Crippen LogP contribution in [0.4, 0.5) is 0 Å². The zero-order valence-electron chi connectivity index (χ0n) is 27.7. The molecule has 0 saturated heterocycles. The van der Waals surface area contributed by atoms with Crippen molar-refractivity contribution >= 4 is 40.1 Å². The van der Waals surface area contributed by atoms with Crippen LogP contribution < -0.4 is 13.8 Å². The Kier molecular flexibility index (Phi) is 7.39. The first-order valence-electron chi connectivity index (χ1n) is 15.4. The van der Waals surface area contributed by atoms with Gasteiger partial charge >= 0.3 is 0 Å². The number of fused-ring (bicyclic) bond motifs is 5. The van der Waals surface area contributed by atoms with Crippen LogP contribution in [0.2, 0.25) is 0 Å². The first-order valence-corrected chi connectivity index (χ1v) is 16.8. The summed E-state index contributed by atoms with van der Waals surface area (Å²) in [7, 11) is 2.54. The van der Waals surface area contributed by atoms with Gasteiger partial charge < -0.3 is 18.4 Å². The molecule has 230 valence electrons. The van der Waals surface area contributed by atoms with E-state index in [-0.39, 0.29) is 30.3 Å². The highest BCUT2D eigenvalue weighted by Crippen LogP contribution is 2.57. The van der Waals surface area contributed by atoms with Crippen molar-refractivity contribution < 1.29 is 13.8 Å². The summed E-state index contributed by atoms with van der Waals surface area (Å²) in [5.74, 6) is 3.01. The number of nitrogens with zero attached hydrogens (tertiary/aromatic N) is 1. The highest BCUT2D eigenvalue weighted by atomic mass is 31.1. The average molecular weight is 626 g/mol. The van der Waals surface area contributed by atoms with Crippen molar-refractivity contribution in [2.45, 2.75) is 90.8 Å². The van der Waals surface area contributed by atoms with Gasteiger partial charge in [0.05, 0.1) is 34.6 Å². The minimum absolute atomic E-state index is 0.0373. The molecule has 6 rings (SSSR count). The zero-order valence-corrected chi connectivity index (χ0v) is 29.8. The SMILES string of the molecule is CC(C)(C)c1cc(OP)c2c(c1)C(C)(C)c1cc(C(C)(C)C)cc(OPC(C)(C)n3c4ccccc4c4ccccc43)c1O2. The number of ether oxygens (including phenoxy) is 1. The van der Waals surface area contributed by atoms with Gasteiger partial charge in [-0.05, 0) is 60.1 Å². The second-order valence-electron chi connectivity index (χ2n) is 15.2. The molecule has 0 aliphatic carbocycles. The van der Waals surface area contributed by atoms with E-state index in [1.54, 1.807) is 0 Å². The average Bonchev–Trinajstić information content (AvgIpc) is 3.30. The molecule has 0 N–H and O–H groups in total. The van der Waals surface area contributed by atoms with E-state index >= 15 is 0 Å². The molecule has 6 heteroatoms. The Balaban J connectivity index is 1.48. The fourth-order valence-electron chi connectivity index (χ4n) is 6.37. The molecule has 1 aromatic heterocycles. The van der Waals surface area contributed by atoms with E-state index < -0.39 is 0 Å². The van der Waals surface area contributed by atoms with Crippen LogP contribution in [0.1, 0.15) is 91.5 Å². The van der Waals surface area contributed by atoms with E-state index in [1.807, 2.05) is 0 Å². The molecule has 0 bridgehead atoms. The van der Waals surface area contributed by atoms with E-state index in [0.717, 1.165) is 34.1 Å². The minimum atomic E-state index is -0.340. The minimum Gasteiger partial charge on any atom is -0.476 e. The van der Waals surface area contributed by atoms with Gasteiger partial charge in [0.2, 0.25) is 0 Å². The quantitative estimate of drug-likeness (QED) is 0.182. The molecule has 0 spiro atoms. The van der Waals surface area contributed by atoms with Crippen molar-refractivity contribution in [3.63, 3.8) is 0 Å². The van der Waals surface area contributed by atoms with Gasteiger partial charge in [0.25, 0.3) is 0 Å². The summed E-state index contributed by atoms with van der Waals surface area (Å²) in [6, 6.07) is 26.2. The van der Waals surface area contributed by atoms with Crippen LogP contribution >= 0.6 is 18.3 Å². The lowest BCUT2D eigenvalue weighted by Gasteiger charge is -2.38. The number of benzene rings is 4. The fourth-order valence-corrected chi connectivity index (χ4v) is 7.39. The molecule has 2 unspecified atom stereocenters. The molecule has 4 aromatic carbocycles. The van der Waals surface area contributed by atoms with Crippen molar-refractivity contribution in [3.8, 4) is 23.0 Å². The second-order valence-corrected chi connectivity index (χ2v) is 17.0. The van der Waals surface area contributed by atoms with E-state index in [4.69, 9.17) is 13.8 Å². The van der Waals surface area contributed by atoms with Gasteiger partial charge in [-0.25, -0.2) is 0 Å². The lowest BCUT2D eigenvalue weighted by atomic mass is 9.72. The molecule has 0 amide bonds. The standard InChI is InChI=1S/C38H45NO3P2/c1-35(2,3)23-19-27-33(31(21-23)41-43)40-34-28(37(27,7)8)20-24(36(4,5)6)22-32(34)42-44-38(9,10)39-29-17-13-11-15-25(29)26-16-12-14-18-30(26)39/h11-22,44H,43H2,1-10H3. The van der Waals surface area contributed by atoms with Crippen molar-refractivity contribution in [3.05, 3.63) is 95.1 Å². The van der Waals surface area contributed by atoms with Gasteiger partial charge in [0, 0.05) is 27.3 Å². The predicted octanol–water partition coefficient (Wildman–Crippen LogP) is 11.4. The highest BCUT2D eigenvalue weighted by Gasteiger charge is 2.40. The summed E-state index contributed by atoms with van der Waals surface area (Å²) in [5, 5.41) is 2.19. The van der Waals surface area contributed by atoms with Crippen LogP contribution in [0.25, 0.3) is 21.8 Å². The molecule has 0 radical (unpaired) electrons. The molecular weight excluding hydrogens is 580 g/mol. The second kappa shape index (κ2) is 10.5. The highest BCUT2D eigenvalue weighted by molar-refractivity contribution is 7.33. The van der Waals surface area contributed by atoms with Crippen molar-refractivity contribution in [1.82, 2.24) is 4.57 Å². The van der Waals surface area contributed by atoms with Gasteiger partial charge in [-0.15, -0.1) is 0 Å². The summed E-state index contributed by atoms with van der Waals surface area (Å²) in [6.45, 7) is 22.6.